The van der Waals surface area contributed by atoms with E-state index in [-0.39, 0.29) is 29.6 Å². The van der Waals surface area contributed by atoms with Crippen molar-refractivity contribution < 1.29 is 19.5 Å². The number of fused-ring (bicyclic) bond motifs is 1. The second-order valence-electron chi connectivity index (χ2n) is 10.6. The van der Waals surface area contributed by atoms with Gasteiger partial charge in [-0.1, -0.05) is 25.1 Å². The van der Waals surface area contributed by atoms with Gasteiger partial charge in [0, 0.05) is 35.4 Å². The van der Waals surface area contributed by atoms with Gasteiger partial charge in [-0.2, -0.15) is 0 Å². The van der Waals surface area contributed by atoms with E-state index in [0.717, 1.165) is 25.2 Å². The molecule has 0 radical (unpaired) electrons. The van der Waals surface area contributed by atoms with Crippen LogP contribution in [-0.4, -0.2) is 69.5 Å². The minimum atomic E-state index is -0.765. The van der Waals surface area contributed by atoms with E-state index in [9.17, 15) is 19.5 Å². The Morgan fingerprint density at radius 2 is 1.67 bits per heavy atom. The van der Waals surface area contributed by atoms with Crippen molar-refractivity contribution in [3.63, 3.8) is 0 Å². The van der Waals surface area contributed by atoms with E-state index in [1.165, 1.54) is 0 Å². The Balaban J connectivity index is 1.44. The number of hydrogen-bond acceptors (Lipinski definition) is 6. The lowest BCUT2D eigenvalue weighted by atomic mass is 9.70. The van der Waals surface area contributed by atoms with Gasteiger partial charge in [-0.15, -0.1) is 11.8 Å². The summed E-state index contributed by atoms with van der Waals surface area (Å²) in [5.41, 5.74) is 2.44. The molecule has 3 aliphatic rings. The van der Waals surface area contributed by atoms with Crippen molar-refractivity contribution >= 4 is 46.5 Å². The number of aliphatic hydroxyl groups is 1. The van der Waals surface area contributed by atoms with E-state index in [1.807, 2.05) is 61.5 Å². The number of nitrogens with one attached hydrogen (secondary N) is 2. The summed E-state index contributed by atoms with van der Waals surface area (Å²) in [4.78, 5) is 45.5. The summed E-state index contributed by atoms with van der Waals surface area (Å²) in [7, 11) is 0. The predicted molar refractivity (Wildman–Crippen MR) is 156 cm³/mol. The molecule has 0 aromatic heterocycles. The fourth-order valence-electron chi connectivity index (χ4n) is 6.80. The van der Waals surface area contributed by atoms with Gasteiger partial charge in [0.05, 0.1) is 29.2 Å². The van der Waals surface area contributed by atoms with Crippen molar-refractivity contribution in [2.24, 2.45) is 11.8 Å². The fraction of sp³-hybridized carbons (Fsp3) is 0.500. The van der Waals surface area contributed by atoms with Gasteiger partial charge in [0.15, 0.2) is 0 Å². The molecule has 5 rings (SSSR count). The normalized spacial score (nSPS) is 27.8. The van der Waals surface area contributed by atoms with Gasteiger partial charge in [0.2, 0.25) is 17.7 Å². The quantitative estimate of drug-likeness (QED) is 0.414. The molecule has 3 amide bonds. The summed E-state index contributed by atoms with van der Waals surface area (Å²) in [5.74, 6) is -1.77. The van der Waals surface area contributed by atoms with E-state index in [0.29, 0.717) is 24.2 Å². The van der Waals surface area contributed by atoms with Crippen molar-refractivity contribution in [1.29, 1.82) is 0 Å². The highest BCUT2D eigenvalue weighted by Gasteiger charge is 2.74. The lowest BCUT2D eigenvalue weighted by Gasteiger charge is -2.36. The first-order valence-electron chi connectivity index (χ1n) is 14.0. The van der Waals surface area contributed by atoms with Crippen LogP contribution in [0.2, 0.25) is 0 Å². The largest absolute Gasteiger partial charge is 0.394 e. The lowest BCUT2D eigenvalue weighted by Crippen LogP contribution is -2.54. The smallest absolute Gasteiger partial charge is 0.248 e. The zero-order chi connectivity index (χ0) is 27.7. The van der Waals surface area contributed by atoms with Gasteiger partial charge < -0.3 is 25.5 Å². The summed E-state index contributed by atoms with van der Waals surface area (Å²) in [5, 5.41) is 16.2. The van der Waals surface area contributed by atoms with Crippen LogP contribution in [0.25, 0.3) is 0 Å². The molecule has 2 aromatic carbocycles. The molecule has 2 bridgehead atoms. The molecule has 0 aliphatic carbocycles. The number of anilines is 3. The number of amides is 3. The first kappa shape index (κ1) is 27.5. The molecule has 39 heavy (non-hydrogen) atoms. The Bertz CT molecular complexity index is 1200. The van der Waals surface area contributed by atoms with Crippen LogP contribution in [0, 0.1) is 11.8 Å². The van der Waals surface area contributed by atoms with E-state index in [2.05, 4.69) is 29.4 Å². The number of carbonyl (C=O) groups is 3. The van der Waals surface area contributed by atoms with Gasteiger partial charge in [0.25, 0.3) is 0 Å². The van der Waals surface area contributed by atoms with E-state index >= 15 is 0 Å². The molecule has 3 heterocycles. The molecule has 1 spiro atoms. The van der Waals surface area contributed by atoms with E-state index in [4.69, 9.17) is 0 Å². The highest BCUT2D eigenvalue weighted by atomic mass is 32.2. The summed E-state index contributed by atoms with van der Waals surface area (Å²) >= 11 is 1.63. The Morgan fingerprint density at radius 1 is 1.03 bits per heavy atom. The Kier molecular flexibility index (Phi) is 7.91. The molecule has 3 saturated heterocycles. The third kappa shape index (κ3) is 4.69. The maximum absolute atomic E-state index is 14.1. The van der Waals surface area contributed by atoms with E-state index < -0.39 is 28.7 Å². The van der Waals surface area contributed by atoms with Crippen molar-refractivity contribution in [1.82, 2.24) is 4.90 Å². The maximum atomic E-state index is 14.1. The third-order valence-corrected chi connectivity index (χ3v) is 10.6. The zero-order valence-corrected chi connectivity index (χ0v) is 23.6. The van der Waals surface area contributed by atoms with Crippen molar-refractivity contribution in [2.45, 2.75) is 62.1 Å². The standard InChI is InChI=1S/C30H38N4O4S/c1-4-21(18-35)34-26(28(37)32-20-12-14-22(15-13-20)33(5-2)6-3)30-17-16-23(39-30)24(25(30)29(34)38)27(36)31-19-10-8-7-9-11-19/h7-15,21,23-26,35H,4-6,16-18H2,1-3H3,(H,31,36)(H,32,37)/t21-,23-,24+,25-,26?,30?/m0/s1. The average molecular weight is 551 g/mol. The first-order valence-corrected chi connectivity index (χ1v) is 14.9. The maximum Gasteiger partial charge on any atom is 0.248 e. The van der Waals surface area contributed by atoms with Gasteiger partial charge in [-0.05, 0) is 69.5 Å². The van der Waals surface area contributed by atoms with Crippen LogP contribution < -0.4 is 15.5 Å². The Hall–Kier alpha value is -3.04. The molecule has 0 saturated carbocycles. The minimum absolute atomic E-state index is 0.0253. The molecule has 3 aliphatic heterocycles. The number of carbonyl (C=O) groups excluding carboxylic acids is 3. The first-order chi connectivity index (χ1) is 18.9. The lowest BCUT2D eigenvalue weighted by molar-refractivity contribution is -0.141. The number of benzene rings is 2. The second kappa shape index (κ2) is 11.2. The minimum Gasteiger partial charge on any atom is -0.394 e. The molecule has 8 nitrogen and oxygen atoms in total. The Labute approximate surface area is 234 Å². The fourth-order valence-corrected chi connectivity index (χ4v) is 9.01. The number of thioether (sulfide) groups is 1. The predicted octanol–water partition coefficient (Wildman–Crippen LogP) is 3.97. The molecule has 208 valence electrons. The topological polar surface area (TPSA) is 102 Å². The van der Waals surface area contributed by atoms with Crippen LogP contribution in [0.5, 0.6) is 0 Å². The van der Waals surface area contributed by atoms with Gasteiger partial charge in [0.1, 0.15) is 6.04 Å². The van der Waals surface area contributed by atoms with Crippen molar-refractivity contribution in [3.8, 4) is 0 Å². The van der Waals surface area contributed by atoms with Crippen LogP contribution in [0.3, 0.4) is 0 Å². The SMILES string of the molecule is CC[C@@H](CO)N1C(=O)[C@@H]2[C@H](C(=O)Nc3ccccc3)[C@@H]3CCC2(S3)C1C(=O)Nc1ccc(N(CC)CC)cc1. The Morgan fingerprint density at radius 3 is 2.28 bits per heavy atom. The molecular formula is C30H38N4O4S. The van der Waals surface area contributed by atoms with Crippen molar-refractivity contribution in [2.75, 3.05) is 35.2 Å². The summed E-state index contributed by atoms with van der Waals surface area (Å²) < 4.78 is -0.700. The average Bonchev–Trinajstić information content (AvgIpc) is 3.59. The van der Waals surface area contributed by atoms with Crippen LogP contribution in [0.15, 0.2) is 54.6 Å². The second-order valence-corrected chi connectivity index (χ2v) is 12.2. The van der Waals surface area contributed by atoms with Crippen molar-refractivity contribution in [3.05, 3.63) is 54.6 Å². The monoisotopic (exact) mass is 550 g/mol. The highest BCUT2D eigenvalue weighted by molar-refractivity contribution is 8.02. The third-order valence-electron chi connectivity index (χ3n) is 8.67. The number of rotatable bonds is 10. The molecule has 9 heteroatoms. The van der Waals surface area contributed by atoms with Crippen LogP contribution in [0.1, 0.15) is 40.0 Å². The number of likely N-dealkylation sites (tertiary alicyclic amines) is 1. The van der Waals surface area contributed by atoms with Crippen LogP contribution >= 0.6 is 11.8 Å². The molecule has 2 unspecified atom stereocenters. The van der Waals surface area contributed by atoms with Gasteiger partial charge in [-0.25, -0.2) is 0 Å². The molecule has 3 N–H and O–H groups in total. The van der Waals surface area contributed by atoms with Crippen LogP contribution in [-0.2, 0) is 14.4 Å². The molecule has 3 fully saturated rings. The highest BCUT2D eigenvalue weighted by Crippen LogP contribution is 2.66. The summed E-state index contributed by atoms with van der Waals surface area (Å²) in [6, 6.07) is 15.8. The molecule has 2 aromatic rings. The zero-order valence-electron chi connectivity index (χ0n) is 22.8. The van der Waals surface area contributed by atoms with E-state index in [1.54, 1.807) is 16.7 Å². The van der Waals surface area contributed by atoms with Gasteiger partial charge >= 0.3 is 0 Å². The number of aliphatic hydroxyl groups excluding tert-OH is 1. The van der Waals surface area contributed by atoms with Crippen LogP contribution in [0.4, 0.5) is 17.1 Å². The number of nitrogens with zero attached hydrogens (tertiary/aromatic N) is 2. The number of hydrogen-bond donors (Lipinski definition) is 3. The summed E-state index contributed by atoms with van der Waals surface area (Å²) in [6.45, 7) is 7.67. The number of para-hydroxylation sites is 1. The summed E-state index contributed by atoms with van der Waals surface area (Å²) in [6.07, 6.45) is 1.97. The molecule has 6 atom stereocenters. The van der Waals surface area contributed by atoms with Gasteiger partial charge in [-0.3, -0.25) is 14.4 Å². The molecular weight excluding hydrogens is 512 g/mol.